The normalized spacial score (nSPS) is 16.9. The molecule has 30 heavy (non-hydrogen) atoms. The van der Waals surface area contributed by atoms with Crippen LogP contribution in [0.3, 0.4) is 0 Å². The Morgan fingerprint density at radius 2 is 1.57 bits per heavy atom. The number of likely N-dealkylation sites (tertiary alicyclic amines) is 1. The monoisotopic (exact) mass is 394 g/mol. The summed E-state index contributed by atoms with van der Waals surface area (Å²) in [5, 5.41) is 0. The molecule has 2 heterocycles. The summed E-state index contributed by atoms with van der Waals surface area (Å²) in [6.07, 6.45) is 1.30. The number of anilines is 1. The molecular formula is C26H26N4. The fourth-order valence-corrected chi connectivity index (χ4v) is 4.27. The zero-order valence-corrected chi connectivity index (χ0v) is 17.3. The smallest absolute Gasteiger partial charge is 0.0973 e. The molecule has 1 atom stereocenters. The van der Waals surface area contributed by atoms with E-state index in [0.717, 1.165) is 46.0 Å². The quantitative estimate of drug-likeness (QED) is 0.472. The van der Waals surface area contributed by atoms with Crippen LogP contribution in [0.4, 0.5) is 5.69 Å². The largest absolute Gasteiger partial charge is 0.399 e. The Kier molecular flexibility index (Phi) is 4.93. The second kappa shape index (κ2) is 7.88. The standard InChI is InChI=1S/C26H26N4/c1-18-13-14-30(16-18)17-19-7-9-21(10-8-19)26-25(20-5-3-2-4-6-20)28-23-12-11-22(27)15-24(23)29-26/h2-12,15,18H,13-14,16-17,27H2,1H3/t18-/m1/s1. The third-order valence-electron chi connectivity index (χ3n) is 5.88. The van der Waals surface area contributed by atoms with Crippen LogP contribution in [0.5, 0.6) is 0 Å². The van der Waals surface area contributed by atoms with Crippen molar-refractivity contribution in [1.29, 1.82) is 0 Å². The number of aromatic nitrogens is 2. The van der Waals surface area contributed by atoms with Crippen LogP contribution in [-0.4, -0.2) is 28.0 Å². The molecule has 2 N–H and O–H groups in total. The van der Waals surface area contributed by atoms with Crippen LogP contribution >= 0.6 is 0 Å². The summed E-state index contributed by atoms with van der Waals surface area (Å²) in [6, 6.07) is 24.7. The number of rotatable bonds is 4. The van der Waals surface area contributed by atoms with E-state index in [1.54, 1.807) is 0 Å². The molecule has 4 nitrogen and oxygen atoms in total. The van der Waals surface area contributed by atoms with Crippen molar-refractivity contribution < 1.29 is 0 Å². The van der Waals surface area contributed by atoms with Crippen LogP contribution < -0.4 is 5.73 Å². The molecule has 1 aliphatic rings. The molecule has 0 bridgehead atoms. The van der Waals surface area contributed by atoms with Gasteiger partial charge in [-0.1, -0.05) is 61.5 Å². The number of benzene rings is 3. The van der Waals surface area contributed by atoms with Crippen molar-refractivity contribution in [2.75, 3.05) is 18.8 Å². The van der Waals surface area contributed by atoms with Gasteiger partial charge in [0, 0.05) is 29.9 Å². The van der Waals surface area contributed by atoms with Crippen LogP contribution in [0, 0.1) is 5.92 Å². The number of hydrogen-bond donors (Lipinski definition) is 1. The third-order valence-corrected chi connectivity index (χ3v) is 5.88. The third kappa shape index (κ3) is 3.79. The topological polar surface area (TPSA) is 55.0 Å². The molecule has 1 aromatic heterocycles. The van der Waals surface area contributed by atoms with Crippen LogP contribution in [0.25, 0.3) is 33.5 Å². The van der Waals surface area contributed by atoms with Crippen molar-refractivity contribution >= 4 is 16.7 Å². The number of nitrogen functional groups attached to an aromatic ring is 1. The Morgan fingerprint density at radius 3 is 2.27 bits per heavy atom. The SMILES string of the molecule is C[C@@H]1CCN(Cc2ccc(-c3nc4cc(N)ccc4nc3-c3ccccc3)cc2)C1. The van der Waals surface area contributed by atoms with E-state index in [2.05, 4.69) is 48.2 Å². The van der Waals surface area contributed by atoms with Gasteiger partial charge >= 0.3 is 0 Å². The van der Waals surface area contributed by atoms with E-state index in [9.17, 15) is 0 Å². The lowest BCUT2D eigenvalue weighted by atomic mass is 10.0. The average Bonchev–Trinajstić information content (AvgIpc) is 3.18. The minimum Gasteiger partial charge on any atom is -0.399 e. The Balaban J connectivity index is 1.55. The molecule has 0 radical (unpaired) electrons. The fourth-order valence-electron chi connectivity index (χ4n) is 4.27. The van der Waals surface area contributed by atoms with Crippen LogP contribution in [0.15, 0.2) is 72.8 Å². The average molecular weight is 395 g/mol. The molecule has 0 spiro atoms. The fraction of sp³-hybridized carbons (Fsp3) is 0.231. The molecule has 0 unspecified atom stereocenters. The van der Waals surface area contributed by atoms with Crippen LogP contribution in [0.1, 0.15) is 18.9 Å². The van der Waals surface area contributed by atoms with Gasteiger partial charge in [0.25, 0.3) is 0 Å². The molecule has 1 aliphatic heterocycles. The maximum atomic E-state index is 6.00. The highest BCUT2D eigenvalue weighted by Crippen LogP contribution is 2.31. The van der Waals surface area contributed by atoms with E-state index in [-0.39, 0.29) is 0 Å². The second-order valence-corrected chi connectivity index (χ2v) is 8.36. The summed E-state index contributed by atoms with van der Waals surface area (Å²) < 4.78 is 0. The molecule has 0 saturated carbocycles. The van der Waals surface area contributed by atoms with Gasteiger partial charge in [-0.3, -0.25) is 4.90 Å². The Bertz CT molecular complexity index is 1170. The first-order valence-electron chi connectivity index (χ1n) is 10.6. The Morgan fingerprint density at radius 1 is 0.867 bits per heavy atom. The van der Waals surface area contributed by atoms with Gasteiger partial charge in [-0.2, -0.15) is 0 Å². The molecule has 0 amide bonds. The predicted molar refractivity (Wildman–Crippen MR) is 124 cm³/mol. The summed E-state index contributed by atoms with van der Waals surface area (Å²) in [6.45, 7) is 5.73. The van der Waals surface area contributed by atoms with E-state index < -0.39 is 0 Å². The number of hydrogen-bond acceptors (Lipinski definition) is 4. The van der Waals surface area contributed by atoms with Crippen molar-refractivity contribution in [3.8, 4) is 22.5 Å². The zero-order chi connectivity index (χ0) is 20.5. The minimum absolute atomic E-state index is 0.699. The van der Waals surface area contributed by atoms with Gasteiger partial charge in [0.1, 0.15) is 0 Å². The minimum atomic E-state index is 0.699. The van der Waals surface area contributed by atoms with Gasteiger partial charge in [-0.25, -0.2) is 9.97 Å². The van der Waals surface area contributed by atoms with Crippen molar-refractivity contribution in [2.24, 2.45) is 5.92 Å². The summed E-state index contributed by atoms with van der Waals surface area (Å²) in [5.41, 5.74) is 13.6. The van der Waals surface area contributed by atoms with E-state index >= 15 is 0 Å². The maximum absolute atomic E-state index is 6.00. The van der Waals surface area contributed by atoms with Crippen molar-refractivity contribution in [2.45, 2.75) is 19.9 Å². The molecule has 0 aliphatic carbocycles. The summed E-state index contributed by atoms with van der Waals surface area (Å²) in [4.78, 5) is 12.5. The lowest BCUT2D eigenvalue weighted by molar-refractivity contribution is 0.320. The summed E-state index contributed by atoms with van der Waals surface area (Å²) in [7, 11) is 0. The summed E-state index contributed by atoms with van der Waals surface area (Å²) >= 11 is 0. The Labute approximate surface area is 177 Å². The van der Waals surface area contributed by atoms with E-state index in [1.165, 1.54) is 25.1 Å². The highest BCUT2D eigenvalue weighted by molar-refractivity contribution is 5.87. The van der Waals surface area contributed by atoms with Gasteiger partial charge < -0.3 is 5.73 Å². The lowest BCUT2D eigenvalue weighted by Gasteiger charge is -2.16. The highest BCUT2D eigenvalue weighted by Gasteiger charge is 2.19. The van der Waals surface area contributed by atoms with Crippen LogP contribution in [-0.2, 0) is 6.54 Å². The maximum Gasteiger partial charge on any atom is 0.0973 e. The predicted octanol–water partition coefficient (Wildman–Crippen LogP) is 5.39. The molecule has 5 rings (SSSR count). The second-order valence-electron chi connectivity index (χ2n) is 8.36. The van der Waals surface area contributed by atoms with Gasteiger partial charge in [0.05, 0.1) is 22.4 Å². The van der Waals surface area contributed by atoms with Crippen molar-refractivity contribution in [3.63, 3.8) is 0 Å². The molecule has 4 aromatic rings. The molecule has 1 saturated heterocycles. The highest BCUT2D eigenvalue weighted by atomic mass is 15.1. The van der Waals surface area contributed by atoms with E-state index in [0.29, 0.717) is 5.69 Å². The molecule has 4 heteroatoms. The van der Waals surface area contributed by atoms with Crippen molar-refractivity contribution in [1.82, 2.24) is 14.9 Å². The number of nitrogens with zero attached hydrogens (tertiary/aromatic N) is 3. The van der Waals surface area contributed by atoms with Gasteiger partial charge in [-0.05, 0) is 42.6 Å². The van der Waals surface area contributed by atoms with Crippen molar-refractivity contribution in [3.05, 3.63) is 78.4 Å². The van der Waals surface area contributed by atoms with Gasteiger partial charge in [0.15, 0.2) is 0 Å². The number of fused-ring (bicyclic) bond motifs is 1. The van der Waals surface area contributed by atoms with Crippen LogP contribution in [0.2, 0.25) is 0 Å². The lowest BCUT2D eigenvalue weighted by Crippen LogP contribution is -2.19. The Hall–Kier alpha value is -3.24. The molecule has 150 valence electrons. The molecular weight excluding hydrogens is 368 g/mol. The first-order valence-corrected chi connectivity index (χ1v) is 10.6. The van der Waals surface area contributed by atoms with E-state index in [1.807, 2.05) is 36.4 Å². The first kappa shape index (κ1) is 18.8. The number of nitrogens with two attached hydrogens (primary N) is 1. The van der Waals surface area contributed by atoms with Gasteiger partial charge in [-0.15, -0.1) is 0 Å². The molecule has 1 fully saturated rings. The first-order chi connectivity index (χ1) is 14.7. The zero-order valence-electron chi connectivity index (χ0n) is 17.3. The van der Waals surface area contributed by atoms with Gasteiger partial charge in [0.2, 0.25) is 0 Å². The van der Waals surface area contributed by atoms with E-state index in [4.69, 9.17) is 15.7 Å². The summed E-state index contributed by atoms with van der Waals surface area (Å²) in [5.74, 6) is 0.804. The molecule has 3 aromatic carbocycles.